The van der Waals surface area contributed by atoms with Crippen molar-refractivity contribution in [3.05, 3.63) is 23.8 Å². The van der Waals surface area contributed by atoms with E-state index in [2.05, 4.69) is 5.32 Å². The maximum absolute atomic E-state index is 11.7. The number of hydrogen-bond acceptors (Lipinski definition) is 4. The molecule has 1 aliphatic rings. The van der Waals surface area contributed by atoms with Gasteiger partial charge in [0.15, 0.2) is 11.5 Å². The lowest BCUT2D eigenvalue weighted by Crippen LogP contribution is -2.24. The van der Waals surface area contributed by atoms with E-state index in [4.69, 9.17) is 14.2 Å². The maximum Gasteiger partial charge on any atom is 0.231 e. The van der Waals surface area contributed by atoms with E-state index in [9.17, 15) is 4.79 Å². The van der Waals surface area contributed by atoms with E-state index in [1.54, 1.807) is 7.11 Å². The number of rotatable bonds is 8. The molecular weight excluding hydrogens is 258 g/mol. The number of methoxy groups -OCH3 is 1. The molecule has 0 radical (unpaired) electrons. The van der Waals surface area contributed by atoms with Crippen LogP contribution in [0.1, 0.15) is 24.8 Å². The standard InChI is InChI=1S/C15H21NO4/c1-18-9-3-2-8-16-15(17)7-5-12-4-6-13-14(10-12)20-11-19-13/h4,6,10H,2-3,5,7-9,11H2,1H3,(H,16,17). The molecule has 1 N–H and O–H groups in total. The number of nitrogens with one attached hydrogen (secondary N) is 1. The van der Waals surface area contributed by atoms with Gasteiger partial charge in [-0.2, -0.15) is 0 Å². The minimum absolute atomic E-state index is 0.0834. The van der Waals surface area contributed by atoms with Crippen LogP contribution in [0.15, 0.2) is 18.2 Å². The summed E-state index contributed by atoms with van der Waals surface area (Å²) in [4.78, 5) is 11.7. The number of carbonyl (C=O) groups excluding carboxylic acids is 1. The number of amides is 1. The van der Waals surface area contributed by atoms with Gasteiger partial charge in [0.1, 0.15) is 0 Å². The van der Waals surface area contributed by atoms with Gasteiger partial charge in [-0.25, -0.2) is 0 Å². The minimum Gasteiger partial charge on any atom is -0.454 e. The third kappa shape index (κ3) is 4.42. The Kier molecular flexibility index (Phi) is 5.68. The van der Waals surface area contributed by atoms with Crippen molar-refractivity contribution in [1.29, 1.82) is 0 Å². The fourth-order valence-electron chi connectivity index (χ4n) is 2.04. The van der Waals surface area contributed by atoms with Crippen molar-refractivity contribution < 1.29 is 19.0 Å². The first kappa shape index (κ1) is 14.7. The van der Waals surface area contributed by atoms with Gasteiger partial charge in [0.25, 0.3) is 0 Å². The number of ether oxygens (including phenoxy) is 3. The molecule has 0 bridgehead atoms. The molecule has 1 aromatic carbocycles. The predicted molar refractivity (Wildman–Crippen MR) is 75.0 cm³/mol. The van der Waals surface area contributed by atoms with Crippen LogP contribution in [0.4, 0.5) is 0 Å². The van der Waals surface area contributed by atoms with Crippen LogP contribution in [0.2, 0.25) is 0 Å². The van der Waals surface area contributed by atoms with Crippen LogP contribution in [0.5, 0.6) is 11.5 Å². The average molecular weight is 279 g/mol. The van der Waals surface area contributed by atoms with Crippen molar-refractivity contribution in [3.63, 3.8) is 0 Å². The van der Waals surface area contributed by atoms with E-state index in [1.807, 2.05) is 18.2 Å². The van der Waals surface area contributed by atoms with Crippen LogP contribution < -0.4 is 14.8 Å². The molecular formula is C15H21NO4. The van der Waals surface area contributed by atoms with Crippen molar-refractivity contribution in [2.45, 2.75) is 25.7 Å². The maximum atomic E-state index is 11.7. The second kappa shape index (κ2) is 7.75. The molecule has 1 amide bonds. The quantitative estimate of drug-likeness (QED) is 0.738. The van der Waals surface area contributed by atoms with Crippen molar-refractivity contribution in [3.8, 4) is 11.5 Å². The van der Waals surface area contributed by atoms with Gasteiger partial charge >= 0.3 is 0 Å². The lowest BCUT2D eigenvalue weighted by molar-refractivity contribution is -0.121. The molecule has 0 saturated heterocycles. The number of unbranched alkanes of at least 4 members (excludes halogenated alkanes) is 1. The smallest absolute Gasteiger partial charge is 0.231 e. The monoisotopic (exact) mass is 279 g/mol. The van der Waals surface area contributed by atoms with Crippen LogP contribution >= 0.6 is 0 Å². The molecule has 0 fully saturated rings. The Morgan fingerprint density at radius 1 is 1.30 bits per heavy atom. The van der Waals surface area contributed by atoms with E-state index >= 15 is 0 Å². The van der Waals surface area contributed by atoms with Crippen LogP contribution in [0.3, 0.4) is 0 Å². The highest BCUT2D eigenvalue weighted by Gasteiger charge is 2.13. The molecule has 5 heteroatoms. The average Bonchev–Trinajstić information content (AvgIpc) is 2.92. The lowest BCUT2D eigenvalue weighted by Gasteiger charge is -2.06. The molecule has 0 aliphatic carbocycles. The lowest BCUT2D eigenvalue weighted by atomic mass is 10.1. The summed E-state index contributed by atoms with van der Waals surface area (Å²) >= 11 is 0. The molecule has 110 valence electrons. The topological polar surface area (TPSA) is 56.8 Å². The van der Waals surface area contributed by atoms with Gasteiger partial charge in [0.05, 0.1) is 0 Å². The normalized spacial score (nSPS) is 12.4. The van der Waals surface area contributed by atoms with Gasteiger partial charge in [-0.05, 0) is 37.0 Å². The third-order valence-electron chi connectivity index (χ3n) is 3.18. The molecule has 0 spiro atoms. The summed E-state index contributed by atoms with van der Waals surface area (Å²) in [5.41, 5.74) is 1.09. The van der Waals surface area contributed by atoms with Crippen molar-refractivity contribution in [2.24, 2.45) is 0 Å². The number of fused-ring (bicyclic) bond motifs is 1. The Labute approximate surface area is 119 Å². The number of carbonyl (C=O) groups is 1. The van der Waals surface area contributed by atoms with Crippen LogP contribution in [-0.4, -0.2) is 33.0 Å². The Bertz CT molecular complexity index is 447. The van der Waals surface area contributed by atoms with Crippen LogP contribution in [0.25, 0.3) is 0 Å². The van der Waals surface area contributed by atoms with E-state index in [1.165, 1.54) is 0 Å². The SMILES string of the molecule is COCCCCNC(=O)CCc1ccc2c(c1)OCO2. The van der Waals surface area contributed by atoms with E-state index in [0.29, 0.717) is 19.4 Å². The second-order valence-corrected chi connectivity index (χ2v) is 4.74. The van der Waals surface area contributed by atoms with Gasteiger partial charge in [0, 0.05) is 26.7 Å². The summed E-state index contributed by atoms with van der Waals surface area (Å²) in [5, 5.41) is 2.91. The molecule has 0 atom stereocenters. The minimum atomic E-state index is 0.0834. The zero-order valence-electron chi connectivity index (χ0n) is 11.8. The molecule has 0 saturated carbocycles. The molecule has 0 unspecified atom stereocenters. The highest BCUT2D eigenvalue weighted by molar-refractivity contribution is 5.76. The Hall–Kier alpha value is -1.75. The summed E-state index contributed by atoms with van der Waals surface area (Å²) in [7, 11) is 1.68. The van der Waals surface area contributed by atoms with Gasteiger partial charge in [-0.15, -0.1) is 0 Å². The molecule has 1 aromatic rings. The molecule has 5 nitrogen and oxygen atoms in total. The van der Waals surface area contributed by atoms with E-state index in [-0.39, 0.29) is 12.7 Å². The fraction of sp³-hybridized carbons (Fsp3) is 0.533. The summed E-state index contributed by atoms with van der Waals surface area (Å²) in [6.07, 6.45) is 3.12. The zero-order chi connectivity index (χ0) is 14.2. The van der Waals surface area contributed by atoms with Crippen LogP contribution in [-0.2, 0) is 16.0 Å². The molecule has 1 aliphatic heterocycles. The number of hydrogen-bond donors (Lipinski definition) is 1. The predicted octanol–water partition coefficient (Wildman–Crippen LogP) is 1.89. The molecule has 20 heavy (non-hydrogen) atoms. The fourth-order valence-corrected chi connectivity index (χ4v) is 2.04. The molecule has 0 aromatic heterocycles. The van der Waals surface area contributed by atoms with Gasteiger partial charge < -0.3 is 19.5 Å². The van der Waals surface area contributed by atoms with Crippen LogP contribution in [0, 0.1) is 0 Å². The summed E-state index contributed by atoms with van der Waals surface area (Å²) in [6, 6.07) is 5.80. The van der Waals surface area contributed by atoms with Crippen molar-refractivity contribution in [1.82, 2.24) is 5.32 Å². The summed E-state index contributed by atoms with van der Waals surface area (Å²) in [5.74, 6) is 1.62. The largest absolute Gasteiger partial charge is 0.454 e. The Morgan fingerprint density at radius 2 is 2.15 bits per heavy atom. The number of benzene rings is 1. The van der Waals surface area contributed by atoms with Crippen molar-refractivity contribution in [2.75, 3.05) is 27.1 Å². The van der Waals surface area contributed by atoms with Gasteiger partial charge in [-0.3, -0.25) is 4.79 Å². The number of aryl methyl sites for hydroxylation is 1. The van der Waals surface area contributed by atoms with Gasteiger partial charge in [0.2, 0.25) is 12.7 Å². The second-order valence-electron chi connectivity index (χ2n) is 4.74. The molecule has 2 rings (SSSR count). The molecule has 1 heterocycles. The third-order valence-corrected chi connectivity index (χ3v) is 3.18. The highest BCUT2D eigenvalue weighted by atomic mass is 16.7. The first-order valence-corrected chi connectivity index (χ1v) is 6.94. The van der Waals surface area contributed by atoms with E-state index < -0.39 is 0 Å². The zero-order valence-corrected chi connectivity index (χ0v) is 11.8. The highest BCUT2D eigenvalue weighted by Crippen LogP contribution is 2.32. The van der Waals surface area contributed by atoms with E-state index in [0.717, 1.165) is 36.5 Å². The Balaban J connectivity index is 1.66. The van der Waals surface area contributed by atoms with Gasteiger partial charge in [-0.1, -0.05) is 6.07 Å². The first-order chi connectivity index (χ1) is 9.79. The first-order valence-electron chi connectivity index (χ1n) is 6.94. The van der Waals surface area contributed by atoms with Crippen molar-refractivity contribution >= 4 is 5.91 Å². The summed E-state index contributed by atoms with van der Waals surface area (Å²) < 4.78 is 15.5. The Morgan fingerprint density at radius 3 is 3.00 bits per heavy atom. The summed E-state index contributed by atoms with van der Waals surface area (Å²) in [6.45, 7) is 1.73.